The van der Waals surface area contributed by atoms with Gasteiger partial charge in [0.15, 0.2) is 12.2 Å². The molecule has 8 nitrogen and oxygen atoms in total. The van der Waals surface area contributed by atoms with Gasteiger partial charge in [0.2, 0.25) is 5.96 Å². The number of carbonyl (C=O) groups excluding carboxylic acids is 2. The van der Waals surface area contributed by atoms with Gasteiger partial charge in [-0.05, 0) is 24.6 Å². The van der Waals surface area contributed by atoms with Crippen LogP contribution in [0.5, 0.6) is 0 Å². The maximum Gasteiger partial charge on any atom is 0.328 e. The first-order valence-corrected chi connectivity index (χ1v) is 11.1. The highest BCUT2D eigenvalue weighted by Gasteiger charge is 2.54. The molecule has 2 atom stereocenters. The Labute approximate surface area is 197 Å². The van der Waals surface area contributed by atoms with E-state index < -0.39 is 12.2 Å². The fourth-order valence-corrected chi connectivity index (χ4v) is 4.59. The van der Waals surface area contributed by atoms with E-state index in [1.54, 1.807) is 14.2 Å². The van der Waals surface area contributed by atoms with E-state index in [0.717, 1.165) is 22.5 Å². The van der Waals surface area contributed by atoms with Crippen LogP contribution in [0.15, 0.2) is 59.7 Å². The lowest BCUT2D eigenvalue weighted by molar-refractivity contribution is -0.137. The Morgan fingerprint density at radius 2 is 1.88 bits per heavy atom. The number of benzene rings is 2. The van der Waals surface area contributed by atoms with Crippen molar-refractivity contribution in [2.24, 2.45) is 4.99 Å². The monoisotopic (exact) mass is 465 g/mol. The molecule has 3 amide bonds. The van der Waals surface area contributed by atoms with Crippen LogP contribution in [-0.4, -0.2) is 72.1 Å². The molecule has 2 aromatic carbocycles. The molecule has 0 N–H and O–H groups in total. The van der Waals surface area contributed by atoms with Gasteiger partial charge in [0.25, 0.3) is 5.91 Å². The van der Waals surface area contributed by atoms with Gasteiger partial charge < -0.3 is 9.64 Å². The number of likely N-dealkylation sites (N-methyl/N-ethyl adjacent to an activating group) is 1. The summed E-state index contributed by atoms with van der Waals surface area (Å²) < 4.78 is 5.11. The van der Waals surface area contributed by atoms with Gasteiger partial charge in [-0.15, -0.1) is 0 Å². The van der Waals surface area contributed by atoms with E-state index in [4.69, 9.17) is 21.3 Å². The van der Waals surface area contributed by atoms with Crippen molar-refractivity contribution in [3.63, 3.8) is 0 Å². The Morgan fingerprint density at radius 3 is 2.58 bits per heavy atom. The molecule has 0 spiro atoms. The smallest absolute Gasteiger partial charge is 0.328 e. The quantitative estimate of drug-likeness (QED) is 0.677. The van der Waals surface area contributed by atoms with Crippen LogP contribution < -0.4 is 4.90 Å². The molecule has 170 valence electrons. The van der Waals surface area contributed by atoms with Crippen molar-refractivity contribution in [1.82, 2.24) is 14.7 Å². The second kappa shape index (κ2) is 8.20. The van der Waals surface area contributed by atoms with E-state index in [2.05, 4.69) is 0 Å². The summed E-state index contributed by atoms with van der Waals surface area (Å²) in [5, 5.41) is 0.642. The lowest BCUT2D eigenvalue weighted by Crippen LogP contribution is -2.64. The van der Waals surface area contributed by atoms with Crippen LogP contribution in [0.3, 0.4) is 0 Å². The van der Waals surface area contributed by atoms with Crippen LogP contribution >= 0.6 is 11.6 Å². The van der Waals surface area contributed by atoms with Gasteiger partial charge in [-0.2, -0.15) is 0 Å². The maximum absolute atomic E-state index is 13.4. The summed E-state index contributed by atoms with van der Waals surface area (Å²) in [6, 6.07) is 14.7. The first kappa shape index (κ1) is 21.5. The number of methoxy groups -OCH3 is 1. The zero-order valence-electron chi connectivity index (χ0n) is 18.6. The van der Waals surface area contributed by atoms with Crippen LogP contribution in [0.2, 0.25) is 5.02 Å². The topological polar surface area (TPSA) is 68.7 Å². The number of carbonyl (C=O) groups is 2. The van der Waals surface area contributed by atoms with E-state index in [0.29, 0.717) is 11.0 Å². The predicted octanol–water partition coefficient (Wildman–Crippen LogP) is 3.37. The molecule has 2 aromatic rings. The van der Waals surface area contributed by atoms with Gasteiger partial charge in [-0.25, -0.2) is 9.79 Å². The molecule has 33 heavy (non-hydrogen) atoms. The summed E-state index contributed by atoms with van der Waals surface area (Å²) in [6.45, 7) is 2.42. The highest BCUT2D eigenvalue weighted by molar-refractivity contribution is 6.32. The Bertz CT molecular complexity index is 1180. The zero-order valence-corrected chi connectivity index (χ0v) is 19.4. The minimum absolute atomic E-state index is 0.192. The molecular weight excluding hydrogens is 442 g/mol. The highest BCUT2D eigenvalue weighted by Crippen LogP contribution is 2.40. The third kappa shape index (κ3) is 3.37. The second-order valence-electron chi connectivity index (χ2n) is 8.22. The molecule has 3 heterocycles. The van der Waals surface area contributed by atoms with Crippen LogP contribution in [0, 0.1) is 6.92 Å². The van der Waals surface area contributed by atoms with Crippen molar-refractivity contribution in [2.45, 2.75) is 19.1 Å². The van der Waals surface area contributed by atoms with Crippen molar-refractivity contribution < 1.29 is 14.3 Å². The lowest BCUT2D eigenvalue weighted by atomic mass is 10.1. The minimum atomic E-state index is -0.649. The Morgan fingerprint density at radius 1 is 1.12 bits per heavy atom. The normalized spacial score (nSPS) is 21.9. The number of imide groups is 1. The average molecular weight is 466 g/mol. The van der Waals surface area contributed by atoms with Crippen LogP contribution in [-0.2, 0) is 9.53 Å². The van der Waals surface area contributed by atoms with Crippen LogP contribution in [0.1, 0.15) is 11.1 Å². The average Bonchev–Trinajstić information content (AvgIpc) is 3.36. The van der Waals surface area contributed by atoms with E-state index in [1.807, 2.05) is 71.5 Å². The summed E-state index contributed by atoms with van der Waals surface area (Å²) in [5.41, 5.74) is 3.66. The molecule has 3 aliphatic heterocycles. The summed E-state index contributed by atoms with van der Waals surface area (Å²) in [6.07, 6.45) is 1.32. The van der Waals surface area contributed by atoms with Gasteiger partial charge in [-0.1, -0.05) is 48.0 Å². The van der Waals surface area contributed by atoms with Crippen molar-refractivity contribution in [3.05, 3.63) is 70.9 Å². The number of amides is 3. The number of aliphatic imine (C=N–C) groups is 1. The highest BCUT2D eigenvalue weighted by atomic mass is 35.5. The van der Waals surface area contributed by atoms with E-state index >= 15 is 0 Å². The number of hydrogen-bond acceptors (Lipinski definition) is 6. The SMILES string of the molecule is COCCN1C(=O)C2C(N=C3N(c4ccc(C)c(Cl)c4)C(c4ccccc4)=CN32)N(C)C1=O. The third-order valence-corrected chi connectivity index (χ3v) is 6.62. The molecule has 0 aromatic heterocycles. The number of halogens is 1. The molecule has 3 aliphatic rings. The number of ether oxygens (including phenoxy) is 1. The fraction of sp³-hybridized carbons (Fsp3) is 0.292. The zero-order chi connectivity index (χ0) is 23.3. The predicted molar refractivity (Wildman–Crippen MR) is 127 cm³/mol. The molecule has 1 saturated heterocycles. The Hall–Kier alpha value is -3.36. The molecule has 0 saturated carbocycles. The molecular formula is C24H24ClN5O3. The number of nitrogens with zero attached hydrogens (tertiary/aromatic N) is 5. The standard InChI is InChI=1S/C24H24ClN5O3/c1-15-9-10-17(13-18(15)25)30-19(16-7-5-4-6-8-16)14-29-20-21(26-23(29)30)27(2)24(32)28(22(20)31)11-12-33-3/h4-10,13-14,20-21H,11-12H2,1-3H3. The van der Waals surface area contributed by atoms with Gasteiger partial charge in [0.1, 0.15) is 0 Å². The second-order valence-corrected chi connectivity index (χ2v) is 8.63. The number of hydrogen-bond donors (Lipinski definition) is 0. The first-order valence-electron chi connectivity index (χ1n) is 10.7. The van der Waals surface area contributed by atoms with E-state index in [-0.39, 0.29) is 25.1 Å². The first-order chi connectivity index (χ1) is 15.9. The molecule has 0 bridgehead atoms. The van der Waals surface area contributed by atoms with Gasteiger partial charge in [-0.3, -0.25) is 19.5 Å². The molecule has 9 heteroatoms. The van der Waals surface area contributed by atoms with Crippen molar-refractivity contribution in [1.29, 1.82) is 0 Å². The molecule has 1 fully saturated rings. The van der Waals surface area contributed by atoms with Crippen LogP contribution in [0.25, 0.3) is 5.70 Å². The number of urea groups is 1. The van der Waals surface area contributed by atoms with Crippen molar-refractivity contribution >= 4 is 40.9 Å². The third-order valence-electron chi connectivity index (χ3n) is 6.21. The molecule has 0 radical (unpaired) electrons. The largest absolute Gasteiger partial charge is 0.383 e. The van der Waals surface area contributed by atoms with E-state index in [1.165, 1.54) is 9.80 Å². The Kier molecular flexibility index (Phi) is 5.34. The summed E-state index contributed by atoms with van der Waals surface area (Å²) in [5.74, 6) is 0.303. The number of fused-ring (bicyclic) bond motifs is 3. The lowest BCUT2D eigenvalue weighted by Gasteiger charge is -2.40. The van der Waals surface area contributed by atoms with E-state index in [9.17, 15) is 9.59 Å². The number of guanidine groups is 1. The number of anilines is 1. The maximum atomic E-state index is 13.4. The molecule has 0 aliphatic carbocycles. The van der Waals surface area contributed by atoms with Crippen LogP contribution in [0.4, 0.5) is 10.5 Å². The minimum Gasteiger partial charge on any atom is -0.383 e. The molecule has 5 rings (SSSR count). The molecule has 2 unspecified atom stereocenters. The summed E-state index contributed by atoms with van der Waals surface area (Å²) in [7, 11) is 3.22. The summed E-state index contributed by atoms with van der Waals surface area (Å²) >= 11 is 6.46. The van der Waals surface area contributed by atoms with Crippen molar-refractivity contribution in [2.75, 3.05) is 32.2 Å². The fourth-order valence-electron chi connectivity index (χ4n) is 4.41. The summed E-state index contributed by atoms with van der Waals surface area (Å²) in [4.78, 5) is 37.8. The van der Waals surface area contributed by atoms with Gasteiger partial charge >= 0.3 is 6.03 Å². The number of rotatable bonds is 5. The van der Waals surface area contributed by atoms with Gasteiger partial charge in [0.05, 0.1) is 24.5 Å². The van der Waals surface area contributed by atoms with Crippen molar-refractivity contribution in [3.8, 4) is 0 Å². The number of aryl methyl sites for hydroxylation is 1. The Balaban J connectivity index is 1.60. The van der Waals surface area contributed by atoms with Gasteiger partial charge in [0, 0.05) is 30.9 Å².